The maximum atomic E-state index is 11.7. The number of methoxy groups -OCH3 is 2. The van der Waals surface area contributed by atoms with Gasteiger partial charge in [0.1, 0.15) is 0 Å². The lowest BCUT2D eigenvalue weighted by molar-refractivity contribution is 0.0601. The molecule has 25 heavy (non-hydrogen) atoms. The molecule has 0 aromatic heterocycles. The van der Waals surface area contributed by atoms with Crippen LogP contribution in [0, 0.1) is 0 Å². The van der Waals surface area contributed by atoms with Gasteiger partial charge in [-0.15, -0.1) is 0 Å². The van der Waals surface area contributed by atoms with Crippen molar-refractivity contribution in [3.8, 4) is 11.5 Å². The second-order valence-corrected chi connectivity index (χ2v) is 5.87. The number of hydrogen-bond acceptors (Lipinski definition) is 5. The Bertz CT molecular complexity index is 787. The zero-order valence-electron chi connectivity index (χ0n) is 14.6. The van der Waals surface area contributed by atoms with E-state index < -0.39 is 5.97 Å². The maximum absolute atomic E-state index is 11.7. The molecule has 2 aromatic carbocycles. The molecule has 0 radical (unpaired) electrons. The molecule has 0 bridgehead atoms. The van der Waals surface area contributed by atoms with Crippen molar-refractivity contribution in [1.82, 2.24) is 0 Å². The summed E-state index contributed by atoms with van der Waals surface area (Å²) in [6.45, 7) is 3.88. The number of benzene rings is 2. The third kappa shape index (κ3) is 4.73. The second-order valence-electron chi connectivity index (χ2n) is 5.46. The van der Waals surface area contributed by atoms with Gasteiger partial charge in [-0.25, -0.2) is 4.79 Å². The van der Waals surface area contributed by atoms with Gasteiger partial charge in [-0.05, 0) is 44.2 Å². The SMILES string of the molecule is COC(=O)c1cc(N=Cc2cccc(OC)c2OC(C)C)ccc1Cl. The minimum absolute atomic E-state index is 0.00934. The van der Waals surface area contributed by atoms with Gasteiger partial charge in [-0.1, -0.05) is 17.7 Å². The smallest absolute Gasteiger partial charge is 0.339 e. The molecule has 132 valence electrons. The number of ether oxygens (including phenoxy) is 3. The highest BCUT2D eigenvalue weighted by molar-refractivity contribution is 6.33. The highest BCUT2D eigenvalue weighted by atomic mass is 35.5. The van der Waals surface area contributed by atoms with Gasteiger partial charge in [0.25, 0.3) is 0 Å². The van der Waals surface area contributed by atoms with E-state index in [0.29, 0.717) is 22.2 Å². The number of aliphatic imine (C=N–C) groups is 1. The molecule has 0 heterocycles. The first-order chi connectivity index (χ1) is 12.0. The van der Waals surface area contributed by atoms with Crippen LogP contribution in [0.5, 0.6) is 11.5 Å². The summed E-state index contributed by atoms with van der Waals surface area (Å²) >= 11 is 6.02. The fourth-order valence-electron chi connectivity index (χ4n) is 2.16. The zero-order valence-corrected chi connectivity index (χ0v) is 15.3. The number of para-hydroxylation sites is 1. The van der Waals surface area contributed by atoms with Crippen molar-refractivity contribution in [2.75, 3.05) is 14.2 Å². The molecule has 0 saturated carbocycles. The average molecular weight is 362 g/mol. The van der Waals surface area contributed by atoms with E-state index in [4.69, 9.17) is 25.8 Å². The van der Waals surface area contributed by atoms with Crippen molar-refractivity contribution in [1.29, 1.82) is 0 Å². The highest BCUT2D eigenvalue weighted by Gasteiger charge is 2.12. The minimum atomic E-state index is -0.507. The molecule has 0 spiro atoms. The molecule has 2 aromatic rings. The van der Waals surface area contributed by atoms with Crippen LogP contribution in [0.3, 0.4) is 0 Å². The number of esters is 1. The van der Waals surface area contributed by atoms with Crippen molar-refractivity contribution in [3.05, 3.63) is 52.5 Å². The summed E-state index contributed by atoms with van der Waals surface area (Å²) < 4.78 is 15.9. The van der Waals surface area contributed by atoms with Gasteiger partial charge in [0.15, 0.2) is 11.5 Å². The summed E-state index contributed by atoms with van der Waals surface area (Å²) in [6.07, 6.45) is 1.65. The number of carbonyl (C=O) groups is 1. The molecule has 0 aliphatic heterocycles. The van der Waals surface area contributed by atoms with Crippen LogP contribution in [0.2, 0.25) is 5.02 Å². The fourth-order valence-corrected chi connectivity index (χ4v) is 2.36. The van der Waals surface area contributed by atoms with E-state index in [1.54, 1.807) is 31.5 Å². The predicted molar refractivity (Wildman–Crippen MR) is 98.8 cm³/mol. The van der Waals surface area contributed by atoms with Crippen LogP contribution in [-0.4, -0.2) is 32.5 Å². The van der Waals surface area contributed by atoms with E-state index >= 15 is 0 Å². The quantitative estimate of drug-likeness (QED) is 0.554. The predicted octanol–water partition coefficient (Wildman–Crippen LogP) is 4.67. The largest absolute Gasteiger partial charge is 0.493 e. The molecule has 0 saturated heterocycles. The average Bonchev–Trinajstić information content (AvgIpc) is 2.60. The van der Waals surface area contributed by atoms with Crippen LogP contribution < -0.4 is 9.47 Å². The highest BCUT2D eigenvalue weighted by Crippen LogP contribution is 2.31. The van der Waals surface area contributed by atoms with Crippen molar-refractivity contribution < 1.29 is 19.0 Å². The first kappa shape index (κ1) is 18.8. The van der Waals surface area contributed by atoms with Crippen molar-refractivity contribution in [3.63, 3.8) is 0 Å². The van der Waals surface area contributed by atoms with Gasteiger partial charge in [0.05, 0.1) is 36.6 Å². The Kier molecular flexibility index (Phi) is 6.42. The summed E-state index contributed by atoms with van der Waals surface area (Å²) in [5, 5.41) is 0.316. The lowest BCUT2D eigenvalue weighted by Gasteiger charge is -2.15. The Morgan fingerprint density at radius 2 is 1.96 bits per heavy atom. The molecular formula is C19H20ClNO4. The van der Waals surface area contributed by atoms with Crippen LogP contribution in [0.4, 0.5) is 5.69 Å². The maximum Gasteiger partial charge on any atom is 0.339 e. The van der Waals surface area contributed by atoms with Gasteiger partial charge >= 0.3 is 5.97 Å². The van der Waals surface area contributed by atoms with Crippen LogP contribution in [0.1, 0.15) is 29.8 Å². The molecule has 0 fully saturated rings. The second kappa shape index (κ2) is 8.53. The number of rotatable bonds is 6. The third-order valence-corrected chi connectivity index (χ3v) is 3.62. The van der Waals surface area contributed by atoms with Gasteiger partial charge in [0.2, 0.25) is 0 Å². The summed E-state index contributed by atoms with van der Waals surface area (Å²) in [4.78, 5) is 16.1. The topological polar surface area (TPSA) is 57.1 Å². The van der Waals surface area contributed by atoms with Gasteiger partial charge in [0, 0.05) is 11.8 Å². The van der Waals surface area contributed by atoms with E-state index in [2.05, 4.69) is 4.99 Å². The summed E-state index contributed by atoms with van der Waals surface area (Å²) in [5.74, 6) is 0.738. The van der Waals surface area contributed by atoms with Crippen LogP contribution in [-0.2, 0) is 4.74 Å². The first-order valence-electron chi connectivity index (χ1n) is 7.71. The molecule has 0 aliphatic rings. The van der Waals surface area contributed by atoms with E-state index in [0.717, 1.165) is 5.56 Å². The van der Waals surface area contributed by atoms with Crippen LogP contribution in [0.25, 0.3) is 0 Å². The normalized spacial score (nSPS) is 11.0. The molecule has 6 heteroatoms. The number of halogens is 1. The van der Waals surface area contributed by atoms with E-state index in [-0.39, 0.29) is 11.7 Å². The Balaban J connectivity index is 2.38. The van der Waals surface area contributed by atoms with E-state index in [1.807, 2.05) is 32.0 Å². The summed E-state index contributed by atoms with van der Waals surface area (Å²) in [6, 6.07) is 10.5. The van der Waals surface area contributed by atoms with Gasteiger partial charge in [-0.2, -0.15) is 0 Å². The Morgan fingerprint density at radius 1 is 1.20 bits per heavy atom. The molecule has 0 N–H and O–H groups in total. The van der Waals surface area contributed by atoms with E-state index in [9.17, 15) is 4.79 Å². The summed E-state index contributed by atoms with van der Waals surface area (Å²) in [5.41, 5.74) is 1.61. The Labute approximate surface area is 152 Å². The van der Waals surface area contributed by atoms with Crippen molar-refractivity contribution in [2.24, 2.45) is 4.99 Å². The zero-order chi connectivity index (χ0) is 18.4. The number of carbonyl (C=O) groups excluding carboxylic acids is 1. The van der Waals surface area contributed by atoms with Crippen LogP contribution in [0.15, 0.2) is 41.4 Å². The lowest BCUT2D eigenvalue weighted by Crippen LogP contribution is -2.08. The number of hydrogen-bond donors (Lipinski definition) is 0. The molecule has 0 aliphatic carbocycles. The lowest BCUT2D eigenvalue weighted by atomic mass is 10.2. The molecule has 0 atom stereocenters. The monoisotopic (exact) mass is 361 g/mol. The Morgan fingerprint density at radius 3 is 2.60 bits per heavy atom. The van der Waals surface area contributed by atoms with Gasteiger partial charge in [-0.3, -0.25) is 4.99 Å². The van der Waals surface area contributed by atoms with E-state index in [1.165, 1.54) is 7.11 Å². The standard InChI is InChI=1S/C19H20ClNO4/c1-12(2)25-18-13(6-5-7-17(18)23-3)11-21-14-8-9-16(20)15(10-14)19(22)24-4/h5-12H,1-4H3. The Hall–Kier alpha value is -2.53. The molecular weight excluding hydrogens is 342 g/mol. The third-order valence-electron chi connectivity index (χ3n) is 3.29. The first-order valence-corrected chi connectivity index (χ1v) is 8.09. The molecule has 0 amide bonds. The van der Waals surface area contributed by atoms with Gasteiger partial charge < -0.3 is 14.2 Å². The van der Waals surface area contributed by atoms with Crippen molar-refractivity contribution >= 4 is 29.5 Å². The van der Waals surface area contributed by atoms with Crippen LogP contribution >= 0.6 is 11.6 Å². The minimum Gasteiger partial charge on any atom is -0.493 e. The summed E-state index contributed by atoms with van der Waals surface area (Å²) in [7, 11) is 2.89. The molecule has 0 unspecified atom stereocenters. The molecule has 5 nitrogen and oxygen atoms in total. The number of nitrogens with zero attached hydrogens (tertiary/aromatic N) is 1. The molecule has 2 rings (SSSR count). The fraction of sp³-hybridized carbons (Fsp3) is 0.263. The van der Waals surface area contributed by atoms with Crippen molar-refractivity contribution in [2.45, 2.75) is 20.0 Å².